The molecule has 0 saturated carbocycles. The lowest BCUT2D eigenvalue weighted by molar-refractivity contribution is 0.163. The Labute approximate surface area is 116 Å². The molecule has 0 amide bonds. The zero-order valence-electron chi connectivity index (χ0n) is 10.8. The Kier molecular flexibility index (Phi) is 5.04. The van der Waals surface area contributed by atoms with E-state index < -0.39 is 0 Å². The lowest BCUT2D eigenvalue weighted by Crippen LogP contribution is -2.37. The molecule has 0 aliphatic heterocycles. The minimum atomic E-state index is -0.306. The second-order valence-corrected chi connectivity index (χ2v) is 5.28. The van der Waals surface area contributed by atoms with Crippen molar-refractivity contribution in [3.63, 3.8) is 0 Å². The van der Waals surface area contributed by atoms with Crippen molar-refractivity contribution in [2.24, 2.45) is 0 Å². The standard InChI is InChI=1S/C14H18N2O2S/c1-10(15-12(7-17)8-18)14-16-13(9-19-14)11-5-3-2-4-6-11/h2-6,9-10,12,15,17-18H,7-8H2,1H3. The first kappa shape index (κ1) is 14.1. The number of aliphatic hydroxyl groups excluding tert-OH is 2. The maximum absolute atomic E-state index is 9.07. The Bertz CT molecular complexity index is 497. The lowest BCUT2D eigenvalue weighted by Gasteiger charge is -2.17. The first-order chi connectivity index (χ1) is 9.24. The van der Waals surface area contributed by atoms with Crippen molar-refractivity contribution in [2.75, 3.05) is 13.2 Å². The number of hydrogen-bond acceptors (Lipinski definition) is 5. The smallest absolute Gasteiger partial charge is 0.110 e. The van der Waals surface area contributed by atoms with Crippen molar-refractivity contribution >= 4 is 11.3 Å². The van der Waals surface area contributed by atoms with Crippen molar-refractivity contribution in [3.05, 3.63) is 40.7 Å². The van der Waals surface area contributed by atoms with Crippen molar-refractivity contribution in [1.82, 2.24) is 10.3 Å². The topological polar surface area (TPSA) is 65.4 Å². The zero-order valence-corrected chi connectivity index (χ0v) is 11.6. The molecule has 2 rings (SSSR count). The molecule has 1 aromatic carbocycles. The van der Waals surface area contributed by atoms with Gasteiger partial charge < -0.3 is 15.5 Å². The van der Waals surface area contributed by atoms with Crippen LogP contribution in [0.4, 0.5) is 0 Å². The summed E-state index contributed by atoms with van der Waals surface area (Å²) in [6, 6.07) is 9.72. The van der Waals surface area contributed by atoms with Crippen LogP contribution in [0.5, 0.6) is 0 Å². The van der Waals surface area contributed by atoms with Gasteiger partial charge in [-0.2, -0.15) is 0 Å². The Balaban J connectivity index is 2.08. The Morgan fingerprint density at radius 3 is 2.53 bits per heavy atom. The highest BCUT2D eigenvalue weighted by atomic mass is 32.1. The third kappa shape index (κ3) is 3.61. The lowest BCUT2D eigenvalue weighted by atomic mass is 10.2. The van der Waals surface area contributed by atoms with Crippen LogP contribution in [0.25, 0.3) is 11.3 Å². The van der Waals surface area contributed by atoms with Crippen LogP contribution in [0.2, 0.25) is 0 Å². The minimum absolute atomic E-state index is 0.00626. The number of aliphatic hydroxyl groups is 2. The number of hydrogen-bond donors (Lipinski definition) is 3. The summed E-state index contributed by atoms with van der Waals surface area (Å²) >= 11 is 1.58. The molecule has 102 valence electrons. The number of benzene rings is 1. The van der Waals surface area contributed by atoms with Crippen molar-refractivity contribution in [2.45, 2.75) is 19.0 Å². The van der Waals surface area contributed by atoms with Gasteiger partial charge in [-0.3, -0.25) is 0 Å². The van der Waals surface area contributed by atoms with E-state index in [4.69, 9.17) is 10.2 Å². The highest BCUT2D eigenvalue weighted by molar-refractivity contribution is 7.10. The summed E-state index contributed by atoms with van der Waals surface area (Å²) in [5.74, 6) is 0. The number of thiazole rings is 1. The normalized spacial score (nSPS) is 12.8. The van der Waals surface area contributed by atoms with Gasteiger partial charge in [0, 0.05) is 10.9 Å². The van der Waals surface area contributed by atoms with E-state index in [9.17, 15) is 0 Å². The molecule has 0 spiro atoms. The van der Waals surface area contributed by atoms with Gasteiger partial charge in [0.05, 0.1) is 31.0 Å². The quantitative estimate of drug-likeness (QED) is 0.754. The molecule has 2 aromatic rings. The number of nitrogens with zero attached hydrogens (tertiary/aromatic N) is 1. The third-order valence-electron chi connectivity index (χ3n) is 2.89. The molecule has 0 saturated heterocycles. The molecule has 1 atom stereocenters. The van der Waals surface area contributed by atoms with E-state index in [0.29, 0.717) is 0 Å². The highest BCUT2D eigenvalue weighted by Gasteiger charge is 2.15. The summed E-state index contributed by atoms with van der Waals surface area (Å²) in [4.78, 5) is 4.59. The molecule has 1 aromatic heterocycles. The van der Waals surface area contributed by atoms with Crippen LogP contribution in [0.15, 0.2) is 35.7 Å². The van der Waals surface area contributed by atoms with Gasteiger partial charge in [0.15, 0.2) is 0 Å². The van der Waals surface area contributed by atoms with Gasteiger partial charge in [0.2, 0.25) is 0 Å². The number of rotatable bonds is 6. The second-order valence-electron chi connectivity index (χ2n) is 4.39. The van der Waals surface area contributed by atoms with Gasteiger partial charge in [0.1, 0.15) is 5.01 Å². The average Bonchev–Trinajstić information content (AvgIpc) is 2.95. The van der Waals surface area contributed by atoms with E-state index >= 15 is 0 Å². The van der Waals surface area contributed by atoms with Gasteiger partial charge in [0.25, 0.3) is 0 Å². The van der Waals surface area contributed by atoms with Crippen LogP contribution >= 0.6 is 11.3 Å². The first-order valence-corrected chi connectivity index (χ1v) is 7.11. The molecule has 0 bridgehead atoms. The fourth-order valence-electron chi connectivity index (χ4n) is 1.82. The summed E-state index contributed by atoms with van der Waals surface area (Å²) in [5, 5.41) is 24.2. The van der Waals surface area contributed by atoms with E-state index in [-0.39, 0.29) is 25.3 Å². The highest BCUT2D eigenvalue weighted by Crippen LogP contribution is 2.25. The molecule has 3 N–H and O–H groups in total. The van der Waals surface area contributed by atoms with E-state index in [1.165, 1.54) is 0 Å². The molecular formula is C14H18N2O2S. The largest absolute Gasteiger partial charge is 0.395 e. The summed E-state index contributed by atoms with van der Waals surface area (Å²) in [6.45, 7) is 1.81. The fraction of sp³-hybridized carbons (Fsp3) is 0.357. The maximum Gasteiger partial charge on any atom is 0.110 e. The molecule has 5 heteroatoms. The zero-order chi connectivity index (χ0) is 13.7. The van der Waals surface area contributed by atoms with Crippen LogP contribution in [0, 0.1) is 0 Å². The first-order valence-electron chi connectivity index (χ1n) is 6.23. The summed E-state index contributed by atoms with van der Waals surface area (Å²) < 4.78 is 0. The van der Waals surface area contributed by atoms with Gasteiger partial charge in [-0.05, 0) is 6.92 Å². The molecular weight excluding hydrogens is 260 g/mol. The van der Waals surface area contributed by atoms with Crippen LogP contribution in [-0.4, -0.2) is 34.5 Å². The SMILES string of the molecule is CC(NC(CO)CO)c1nc(-c2ccccc2)cs1. The van der Waals surface area contributed by atoms with E-state index in [0.717, 1.165) is 16.3 Å². The van der Waals surface area contributed by atoms with Crippen molar-refractivity contribution in [1.29, 1.82) is 0 Å². The number of aromatic nitrogens is 1. The third-order valence-corrected chi connectivity index (χ3v) is 3.92. The maximum atomic E-state index is 9.07. The average molecular weight is 278 g/mol. The molecule has 0 radical (unpaired) electrons. The molecule has 0 fully saturated rings. The van der Waals surface area contributed by atoms with Crippen LogP contribution in [0.1, 0.15) is 18.0 Å². The van der Waals surface area contributed by atoms with E-state index in [2.05, 4.69) is 10.3 Å². The van der Waals surface area contributed by atoms with Crippen molar-refractivity contribution < 1.29 is 10.2 Å². The van der Waals surface area contributed by atoms with E-state index in [1.54, 1.807) is 11.3 Å². The monoisotopic (exact) mass is 278 g/mol. The minimum Gasteiger partial charge on any atom is -0.395 e. The fourth-order valence-corrected chi connectivity index (χ4v) is 2.66. The van der Waals surface area contributed by atoms with Gasteiger partial charge in [-0.1, -0.05) is 30.3 Å². The van der Waals surface area contributed by atoms with Gasteiger partial charge in [-0.15, -0.1) is 11.3 Å². The Morgan fingerprint density at radius 2 is 1.89 bits per heavy atom. The van der Waals surface area contributed by atoms with Crippen LogP contribution in [-0.2, 0) is 0 Å². The Hall–Kier alpha value is -1.27. The van der Waals surface area contributed by atoms with Crippen LogP contribution < -0.4 is 5.32 Å². The predicted octanol–water partition coefficient (Wildman–Crippen LogP) is 1.81. The molecule has 4 nitrogen and oxygen atoms in total. The number of nitrogens with one attached hydrogen (secondary N) is 1. The summed E-state index contributed by atoms with van der Waals surface area (Å²) in [7, 11) is 0. The molecule has 19 heavy (non-hydrogen) atoms. The van der Waals surface area contributed by atoms with Gasteiger partial charge in [-0.25, -0.2) is 4.98 Å². The summed E-state index contributed by atoms with van der Waals surface area (Å²) in [5.41, 5.74) is 2.05. The second kappa shape index (κ2) is 6.77. The summed E-state index contributed by atoms with van der Waals surface area (Å²) in [6.07, 6.45) is 0. The van der Waals surface area contributed by atoms with Crippen molar-refractivity contribution in [3.8, 4) is 11.3 Å². The Morgan fingerprint density at radius 1 is 1.21 bits per heavy atom. The molecule has 1 unspecified atom stereocenters. The molecule has 0 aliphatic carbocycles. The van der Waals surface area contributed by atoms with E-state index in [1.807, 2.05) is 42.6 Å². The van der Waals surface area contributed by atoms with Gasteiger partial charge >= 0.3 is 0 Å². The van der Waals surface area contributed by atoms with Crippen LogP contribution in [0.3, 0.4) is 0 Å². The molecule has 0 aliphatic rings. The molecule has 1 heterocycles. The predicted molar refractivity (Wildman–Crippen MR) is 77.1 cm³/mol.